The summed E-state index contributed by atoms with van der Waals surface area (Å²) < 4.78 is 18.3. The fourth-order valence-corrected chi connectivity index (χ4v) is 2.00. The largest absolute Gasteiger partial charge is 0.497 e. The molecule has 0 bridgehead atoms. The molecule has 17 heavy (non-hydrogen) atoms. The Balaban J connectivity index is 2.40. The molecule has 3 rings (SSSR count). The van der Waals surface area contributed by atoms with Gasteiger partial charge in [0, 0.05) is 23.0 Å². The van der Waals surface area contributed by atoms with Crippen molar-refractivity contribution in [2.24, 2.45) is 0 Å². The Hall–Kier alpha value is -2.16. The van der Waals surface area contributed by atoms with Crippen LogP contribution in [0.2, 0.25) is 0 Å². The van der Waals surface area contributed by atoms with Crippen molar-refractivity contribution in [3.63, 3.8) is 0 Å². The average molecular weight is 227 g/mol. The lowest BCUT2D eigenvalue weighted by atomic mass is 10.1. The third kappa shape index (κ3) is 1.60. The quantitative estimate of drug-likeness (QED) is 0.593. The predicted molar refractivity (Wildman–Crippen MR) is 65.8 cm³/mol. The summed E-state index contributed by atoms with van der Waals surface area (Å²) in [6.07, 6.45) is 1.68. The van der Waals surface area contributed by atoms with Crippen LogP contribution < -0.4 is 4.74 Å². The van der Waals surface area contributed by atoms with Crippen molar-refractivity contribution in [3.8, 4) is 5.75 Å². The zero-order valence-electron chi connectivity index (χ0n) is 9.27. The highest BCUT2D eigenvalue weighted by Crippen LogP contribution is 2.26. The van der Waals surface area contributed by atoms with Crippen molar-refractivity contribution < 1.29 is 9.13 Å². The van der Waals surface area contributed by atoms with E-state index in [1.165, 1.54) is 12.1 Å². The highest BCUT2D eigenvalue weighted by molar-refractivity contribution is 6.05. The van der Waals surface area contributed by atoms with Gasteiger partial charge in [0.1, 0.15) is 11.6 Å². The Morgan fingerprint density at radius 1 is 1.06 bits per heavy atom. The minimum atomic E-state index is -0.243. The van der Waals surface area contributed by atoms with Gasteiger partial charge in [-0.05, 0) is 29.7 Å². The first-order valence-corrected chi connectivity index (χ1v) is 5.30. The second-order valence-electron chi connectivity index (χ2n) is 3.87. The molecule has 2 aromatic carbocycles. The summed E-state index contributed by atoms with van der Waals surface area (Å²) in [5.74, 6) is 0.527. The summed E-state index contributed by atoms with van der Waals surface area (Å²) in [7, 11) is 1.62. The van der Waals surface area contributed by atoms with Gasteiger partial charge >= 0.3 is 0 Å². The third-order valence-electron chi connectivity index (χ3n) is 2.85. The lowest BCUT2D eigenvalue weighted by Crippen LogP contribution is -1.86. The van der Waals surface area contributed by atoms with Crippen molar-refractivity contribution in [2.45, 2.75) is 0 Å². The van der Waals surface area contributed by atoms with Crippen molar-refractivity contribution in [1.29, 1.82) is 0 Å². The maximum atomic E-state index is 13.1. The first kappa shape index (κ1) is 10.0. The fraction of sp³-hybridized carbons (Fsp3) is 0.0714. The summed E-state index contributed by atoms with van der Waals surface area (Å²) in [4.78, 5) is 4.31. The second kappa shape index (κ2) is 3.70. The Morgan fingerprint density at radius 3 is 2.71 bits per heavy atom. The minimum Gasteiger partial charge on any atom is -0.497 e. The normalized spacial score (nSPS) is 10.9. The topological polar surface area (TPSA) is 22.1 Å². The van der Waals surface area contributed by atoms with E-state index >= 15 is 0 Å². The van der Waals surface area contributed by atoms with Crippen LogP contribution in [0.25, 0.3) is 21.7 Å². The number of benzene rings is 2. The molecule has 1 heterocycles. The summed E-state index contributed by atoms with van der Waals surface area (Å²) in [6.45, 7) is 0. The van der Waals surface area contributed by atoms with Crippen molar-refractivity contribution in [1.82, 2.24) is 4.98 Å². The molecule has 3 aromatic rings. The fourth-order valence-electron chi connectivity index (χ4n) is 2.00. The van der Waals surface area contributed by atoms with Gasteiger partial charge < -0.3 is 4.74 Å². The number of pyridine rings is 1. The Bertz CT molecular complexity index is 709. The number of methoxy groups -OCH3 is 1. The number of hydrogen-bond donors (Lipinski definition) is 0. The van der Waals surface area contributed by atoms with E-state index < -0.39 is 0 Å². The average Bonchev–Trinajstić information content (AvgIpc) is 2.37. The van der Waals surface area contributed by atoms with Gasteiger partial charge in [-0.2, -0.15) is 0 Å². The Kier molecular flexibility index (Phi) is 2.18. The van der Waals surface area contributed by atoms with E-state index in [2.05, 4.69) is 4.98 Å². The lowest BCUT2D eigenvalue weighted by Gasteiger charge is -2.05. The molecule has 3 heteroatoms. The van der Waals surface area contributed by atoms with Gasteiger partial charge in [-0.25, -0.2) is 4.39 Å². The second-order valence-corrected chi connectivity index (χ2v) is 3.87. The van der Waals surface area contributed by atoms with Gasteiger partial charge in [-0.15, -0.1) is 0 Å². The molecule has 0 radical (unpaired) electrons. The summed E-state index contributed by atoms with van der Waals surface area (Å²) >= 11 is 0. The zero-order chi connectivity index (χ0) is 11.8. The van der Waals surface area contributed by atoms with E-state index in [0.717, 1.165) is 27.4 Å². The number of fused-ring (bicyclic) bond motifs is 3. The minimum absolute atomic E-state index is 0.243. The lowest BCUT2D eigenvalue weighted by molar-refractivity contribution is 0.415. The molecule has 1 aromatic heterocycles. The van der Waals surface area contributed by atoms with Crippen LogP contribution in [0.1, 0.15) is 0 Å². The van der Waals surface area contributed by atoms with Gasteiger partial charge in [0.25, 0.3) is 0 Å². The van der Waals surface area contributed by atoms with E-state index in [9.17, 15) is 4.39 Å². The SMILES string of the molecule is COc1ccc2c(c1)ncc1cc(F)ccc12. The molecule has 0 saturated carbocycles. The van der Waals surface area contributed by atoms with Crippen LogP contribution in [0.3, 0.4) is 0 Å². The maximum Gasteiger partial charge on any atom is 0.123 e. The van der Waals surface area contributed by atoms with Crippen LogP contribution in [0.4, 0.5) is 4.39 Å². The van der Waals surface area contributed by atoms with Crippen molar-refractivity contribution >= 4 is 21.7 Å². The summed E-state index contributed by atoms with van der Waals surface area (Å²) in [5.41, 5.74) is 0.850. The van der Waals surface area contributed by atoms with Crippen LogP contribution in [-0.2, 0) is 0 Å². The molecule has 0 N–H and O–H groups in total. The molecular formula is C14H10FNO. The molecule has 0 unspecified atom stereocenters. The summed E-state index contributed by atoms with van der Waals surface area (Å²) in [5, 5.41) is 2.81. The number of hydrogen-bond acceptors (Lipinski definition) is 2. The molecule has 0 aliphatic carbocycles. The molecule has 84 valence electrons. The number of rotatable bonds is 1. The monoisotopic (exact) mass is 227 g/mol. The number of aromatic nitrogens is 1. The van der Waals surface area contributed by atoms with E-state index in [1.54, 1.807) is 19.4 Å². The predicted octanol–water partition coefficient (Wildman–Crippen LogP) is 3.54. The number of halogens is 1. The Labute approximate surface area is 97.7 Å². The highest BCUT2D eigenvalue weighted by Gasteiger charge is 2.03. The maximum absolute atomic E-state index is 13.1. The van der Waals surface area contributed by atoms with E-state index in [4.69, 9.17) is 4.74 Å². The molecule has 2 nitrogen and oxygen atoms in total. The Morgan fingerprint density at radius 2 is 1.88 bits per heavy atom. The highest BCUT2D eigenvalue weighted by atomic mass is 19.1. The third-order valence-corrected chi connectivity index (χ3v) is 2.85. The van der Waals surface area contributed by atoms with Crippen LogP contribution in [0.5, 0.6) is 5.75 Å². The van der Waals surface area contributed by atoms with Crippen molar-refractivity contribution in [2.75, 3.05) is 7.11 Å². The first-order chi connectivity index (χ1) is 8.28. The van der Waals surface area contributed by atoms with Crippen LogP contribution in [-0.4, -0.2) is 12.1 Å². The molecule has 0 fully saturated rings. The molecule has 0 saturated heterocycles. The van der Waals surface area contributed by atoms with Crippen molar-refractivity contribution in [3.05, 3.63) is 48.4 Å². The van der Waals surface area contributed by atoms with E-state index in [1.807, 2.05) is 18.2 Å². The van der Waals surface area contributed by atoms with Gasteiger partial charge in [0.05, 0.1) is 12.6 Å². The van der Waals surface area contributed by atoms with E-state index in [0.29, 0.717) is 0 Å². The van der Waals surface area contributed by atoms with Gasteiger partial charge in [-0.3, -0.25) is 4.98 Å². The molecular weight excluding hydrogens is 217 g/mol. The number of nitrogens with zero attached hydrogens (tertiary/aromatic N) is 1. The van der Waals surface area contributed by atoms with Gasteiger partial charge in [-0.1, -0.05) is 6.07 Å². The zero-order valence-corrected chi connectivity index (χ0v) is 9.27. The standard InChI is InChI=1S/C14H10FNO/c1-17-11-3-5-13-12-4-2-10(15)6-9(12)8-16-14(13)7-11/h2-8H,1H3. The summed E-state index contributed by atoms with van der Waals surface area (Å²) in [6, 6.07) is 10.4. The van der Waals surface area contributed by atoms with Crippen LogP contribution in [0.15, 0.2) is 42.6 Å². The van der Waals surface area contributed by atoms with Crippen LogP contribution >= 0.6 is 0 Å². The van der Waals surface area contributed by atoms with Gasteiger partial charge in [0.15, 0.2) is 0 Å². The molecule has 0 aliphatic rings. The van der Waals surface area contributed by atoms with E-state index in [-0.39, 0.29) is 5.82 Å². The van der Waals surface area contributed by atoms with Gasteiger partial charge in [0.2, 0.25) is 0 Å². The smallest absolute Gasteiger partial charge is 0.123 e. The van der Waals surface area contributed by atoms with Crippen LogP contribution in [0, 0.1) is 5.82 Å². The number of ether oxygens (including phenoxy) is 1. The molecule has 0 aliphatic heterocycles. The molecule has 0 spiro atoms. The molecule has 0 atom stereocenters. The first-order valence-electron chi connectivity index (χ1n) is 5.30. The molecule has 0 amide bonds.